The van der Waals surface area contributed by atoms with E-state index in [0.29, 0.717) is 11.1 Å². The Hall–Kier alpha value is -3.01. The van der Waals surface area contributed by atoms with E-state index in [4.69, 9.17) is 4.74 Å². The van der Waals surface area contributed by atoms with Gasteiger partial charge in [0.05, 0.1) is 6.61 Å². The van der Waals surface area contributed by atoms with Crippen molar-refractivity contribution >= 4 is 5.57 Å². The molecule has 196 valence electrons. The monoisotopic (exact) mass is 506 g/mol. The van der Waals surface area contributed by atoms with E-state index < -0.39 is 11.6 Å². The molecule has 0 spiro atoms. The highest BCUT2D eigenvalue weighted by Gasteiger charge is 2.18. The highest BCUT2D eigenvalue weighted by atomic mass is 19.2. The van der Waals surface area contributed by atoms with Gasteiger partial charge in [-0.2, -0.15) is 4.39 Å². The van der Waals surface area contributed by atoms with Gasteiger partial charge < -0.3 is 4.74 Å². The number of halogens is 3. The molecule has 37 heavy (non-hydrogen) atoms. The van der Waals surface area contributed by atoms with Crippen molar-refractivity contribution in [3.05, 3.63) is 83.7 Å². The third-order valence-corrected chi connectivity index (χ3v) is 7.43. The maximum absolute atomic E-state index is 15.1. The predicted molar refractivity (Wildman–Crippen MR) is 147 cm³/mol. The van der Waals surface area contributed by atoms with Crippen molar-refractivity contribution in [2.75, 3.05) is 6.61 Å². The van der Waals surface area contributed by atoms with Crippen LogP contribution in [-0.4, -0.2) is 6.61 Å². The van der Waals surface area contributed by atoms with Crippen LogP contribution in [0, 0.1) is 23.4 Å². The number of rotatable bonds is 11. The summed E-state index contributed by atoms with van der Waals surface area (Å²) in [6, 6.07) is 15.4. The molecule has 0 bridgehead atoms. The Morgan fingerprint density at radius 2 is 1.46 bits per heavy atom. The first-order valence-corrected chi connectivity index (χ1v) is 13.7. The maximum atomic E-state index is 15.1. The van der Waals surface area contributed by atoms with Crippen molar-refractivity contribution in [1.82, 2.24) is 0 Å². The van der Waals surface area contributed by atoms with Gasteiger partial charge in [0.25, 0.3) is 0 Å². The molecule has 0 radical (unpaired) electrons. The maximum Gasteiger partial charge on any atom is 0.201 e. The van der Waals surface area contributed by atoms with Crippen LogP contribution in [0.4, 0.5) is 13.2 Å². The van der Waals surface area contributed by atoms with Gasteiger partial charge in [-0.05, 0) is 72.6 Å². The largest absolute Gasteiger partial charge is 0.491 e. The summed E-state index contributed by atoms with van der Waals surface area (Å²) in [4.78, 5) is 0. The first-order valence-electron chi connectivity index (χ1n) is 13.7. The van der Waals surface area contributed by atoms with Gasteiger partial charge >= 0.3 is 0 Å². The van der Waals surface area contributed by atoms with Crippen molar-refractivity contribution in [2.45, 2.75) is 71.6 Å². The van der Waals surface area contributed by atoms with Gasteiger partial charge in [0.15, 0.2) is 11.6 Å². The lowest BCUT2D eigenvalue weighted by molar-refractivity contribution is 0.314. The van der Waals surface area contributed by atoms with Gasteiger partial charge in [-0.1, -0.05) is 87.9 Å². The second-order valence-electron chi connectivity index (χ2n) is 10.0. The topological polar surface area (TPSA) is 9.23 Å². The molecule has 3 aromatic carbocycles. The zero-order valence-corrected chi connectivity index (χ0v) is 22.0. The van der Waals surface area contributed by atoms with Gasteiger partial charge in [0, 0.05) is 11.1 Å². The van der Waals surface area contributed by atoms with Crippen molar-refractivity contribution in [1.29, 1.82) is 0 Å². The number of hydrogen-bond acceptors (Lipinski definition) is 1. The number of unbranched alkanes of at least 4 members (excludes halogenated alkanes) is 4. The molecule has 4 rings (SSSR count). The molecular formula is C33H37F3O. The molecule has 0 aromatic heterocycles. The minimum Gasteiger partial charge on any atom is -0.491 e. The second kappa shape index (κ2) is 13.0. The molecule has 0 saturated heterocycles. The molecule has 4 heteroatoms. The minimum atomic E-state index is -0.989. The van der Waals surface area contributed by atoms with Crippen molar-refractivity contribution in [3.63, 3.8) is 0 Å². The molecule has 1 nitrogen and oxygen atoms in total. The number of ether oxygens (including phenoxy) is 1. The summed E-state index contributed by atoms with van der Waals surface area (Å²) in [5, 5.41) is 0. The summed E-state index contributed by atoms with van der Waals surface area (Å²) in [5.74, 6) is -1.52. The van der Waals surface area contributed by atoms with E-state index in [1.165, 1.54) is 50.7 Å². The zero-order valence-electron chi connectivity index (χ0n) is 22.0. The summed E-state index contributed by atoms with van der Waals surface area (Å²) < 4.78 is 49.1. The standard InChI is InChI=1S/C33H37F3O/c1-3-5-6-7-8-9-23-10-12-25(13-11-23)28-19-18-27(22-30(28)34)24-14-16-26(17-15-24)29-20-21-31(37-4-2)33(36)32(29)35/h12,14-23H,3-11,13H2,1-2H3. The molecule has 0 heterocycles. The van der Waals surface area contributed by atoms with E-state index in [-0.39, 0.29) is 23.7 Å². The fraction of sp³-hybridized carbons (Fsp3) is 0.394. The highest BCUT2D eigenvalue weighted by Crippen LogP contribution is 2.36. The van der Waals surface area contributed by atoms with Crippen LogP contribution in [0.15, 0.2) is 60.7 Å². The van der Waals surface area contributed by atoms with Crippen LogP contribution in [-0.2, 0) is 0 Å². The number of hydrogen-bond donors (Lipinski definition) is 0. The average molecular weight is 507 g/mol. The van der Waals surface area contributed by atoms with Gasteiger partial charge in [0.2, 0.25) is 5.82 Å². The molecule has 1 unspecified atom stereocenters. The fourth-order valence-electron chi connectivity index (χ4n) is 5.25. The molecule has 1 atom stereocenters. The lowest BCUT2D eigenvalue weighted by Crippen LogP contribution is -2.06. The van der Waals surface area contributed by atoms with Gasteiger partial charge in [-0.25, -0.2) is 8.78 Å². The molecule has 1 aliphatic carbocycles. The quantitative estimate of drug-likeness (QED) is 0.235. The fourth-order valence-corrected chi connectivity index (χ4v) is 5.25. The Labute approximate surface area is 219 Å². The summed E-state index contributed by atoms with van der Waals surface area (Å²) in [5.41, 5.74) is 4.09. The summed E-state index contributed by atoms with van der Waals surface area (Å²) in [6.45, 7) is 4.22. The van der Waals surface area contributed by atoms with Crippen molar-refractivity contribution < 1.29 is 17.9 Å². The molecule has 0 saturated carbocycles. The van der Waals surface area contributed by atoms with Crippen LogP contribution in [0.5, 0.6) is 5.75 Å². The third-order valence-electron chi connectivity index (χ3n) is 7.43. The lowest BCUT2D eigenvalue weighted by atomic mass is 9.83. The summed E-state index contributed by atoms with van der Waals surface area (Å²) >= 11 is 0. The Balaban J connectivity index is 1.42. The normalized spacial score (nSPS) is 15.5. The zero-order chi connectivity index (χ0) is 26.2. The average Bonchev–Trinajstić information content (AvgIpc) is 2.92. The molecule has 3 aromatic rings. The van der Waals surface area contributed by atoms with E-state index in [1.807, 2.05) is 24.3 Å². The van der Waals surface area contributed by atoms with E-state index in [0.717, 1.165) is 41.9 Å². The smallest absolute Gasteiger partial charge is 0.201 e. The van der Waals surface area contributed by atoms with Crippen LogP contribution in [0.2, 0.25) is 0 Å². The van der Waals surface area contributed by atoms with Crippen molar-refractivity contribution in [3.8, 4) is 28.0 Å². The predicted octanol–water partition coefficient (Wildman–Crippen LogP) is 10.4. The van der Waals surface area contributed by atoms with E-state index in [2.05, 4.69) is 13.0 Å². The van der Waals surface area contributed by atoms with Crippen LogP contribution in [0.3, 0.4) is 0 Å². The third kappa shape index (κ3) is 6.66. The van der Waals surface area contributed by atoms with E-state index in [1.54, 1.807) is 25.1 Å². The highest BCUT2D eigenvalue weighted by molar-refractivity contribution is 5.74. The van der Waals surface area contributed by atoms with Crippen molar-refractivity contribution in [2.24, 2.45) is 5.92 Å². The first-order chi connectivity index (χ1) is 18.0. The Bertz CT molecular complexity index is 1210. The lowest BCUT2D eigenvalue weighted by Gasteiger charge is -2.22. The number of allylic oxidation sites excluding steroid dienone is 2. The Morgan fingerprint density at radius 1 is 0.757 bits per heavy atom. The molecule has 0 fully saturated rings. The van der Waals surface area contributed by atoms with Gasteiger partial charge in [-0.15, -0.1) is 0 Å². The Kier molecular flexibility index (Phi) is 9.49. The van der Waals surface area contributed by atoms with Crippen LogP contribution < -0.4 is 4.74 Å². The summed E-state index contributed by atoms with van der Waals surface area (Å²) in [6.07, 6.45) is 13.2. The van der Waals surface area contributed by atoms with Gasteiger partial charge in [0.1, 0.15) is 5.82 Å². The first kappa shape index (κ1) is 27.0. The molecule has 0 amide bonds. The van der Waals surface area contributed by atoms with Crippen LogP contribution in [0.1, 0.15) is 77.2 Å². The SMILES string of the molecule is CCCCCCCC1CC=C(c2ccc(-c3ccc(-c4ccc(OCC)c(F)c4F)cc3)cc2F)CC1. The van der Waals surface area contributed by atoms with E-state index in [9.17, 15) is 8.78 Å². The van der Waals surface area contributed by atoms with Crippen LogP contribution >= 0.6 is 0 Å². The summed E-state index contributed by atoms with van der Waals surface area (Å²) in [7, 11) is 0. The molecule has 0 N–H and O–H groups in total. The molecule has 1 aliphatic rings. The Morgan fingerprint density at radius 3 is 2.14 bits per heavy atom. The molecule has 0 aliphatic heterocycles. The van der Waals surface area contributed by atoms with Crippen LogP contribution in [0.25, 0.3) is 27.8 Å². The van der Waals surface area contributed by atoms with E-state index >= 15 is 4.39 Å². The second-order valence-corrected chi connectivity index (χ2v) is 10.0. The van der Waals surface area contributed by atoms with Gasteiger partial charge in [-0.3, -0.25) is 0 Å². The minimum absolute atomic E-state index is 0.0954. The molecular weight excluding hydrogens is 469 g/mol. The number of benzene rings is 3.